The van der Waals surface area contributed by atoms with Gasteiger partial charge in [0, 0.05) is 11.6 Å². The molecule has 0 aliphatic rings. The van der Waals surface area contributed by atoms with E-state index in [2.05, 4.69) is 0 Å². The molecule has 2 rings (SSSR count). The number of hydrogen-bond acceptors (Lipinski definition) is 4. The Morgan fingerprint density at radius 2 is 1.90 bits per heavy atom. The third-order valence-corrected chi connectivity index (χ3v) is 2.92. The number of primary amides is 1. The zero-order chi connectivity index (χ0) is 15.4. The van der Waals surface area contributed by atoms with Crippen LogP contribution in [0.15, 0.2) is 48.5 Å². The van der Waals surface area contributed by atoms with E-state index < -0.39 is 16.9 Å². The highest BCUT2D eigenvalue weighted by molar-refractivity contribution is 5.81. The van der Waals surface area contributed by atoms with Crippen LogP contribution in [-0.2, 0) is 4.79 Å². The summed E-state index contributed by atoms with van der Waals surface area (Å²) in [5.74, 6) is -0.700. The molecule has 0 aliphatic heterocycles. The van der Waals surface area contributed by atoms with Gasteiger partial charge in [0.25, 0.3) is 5.91 Å². The standard InChI is InChI=1S/C15H14N2O4/c1-10-7-8-13(12(9-10)17(19)20)21-14(15(16)18)11-5-3-2-4-6-11/h2-9,14H,1H3,(H2,16,18)/t14-/m1/s1. The van der Waals surface area contributed by atoms with E-state index in [1.807, 2.05) is 0 Å². The fraction of sp³-hybridized carbons (Fsp3) is 0.133. The number of ether oxygens (including phenoxy) is 1. The van der Waals surface area contributed by atoms with E-state index in [-0.39, 0.29) is 11.4 Å². The van der Waals surface area contributed by atoms with Crippen molar-refractivity contribution in [2.24, 2.45) is 5.73 Å². The van der Waals surface area contributed by atoms with Gasteiger partial charge in [-0.1, -0.05) is 36.4 Å². The molecule has 6 heteroatoms. The fourth-order valence-corrected chi connectivity index (χ4v) is 1.91. The number of aryl methyl sites for hydroxylation is 1. The van der Waals surface area contributed by atoms with Crippen LogP contribution in [0, 0.1) is 17.0 Å². The predicted octanol–water partition coefficient (Wildman–Crippen LogP) is 2.51. The molecule has 1 atom stereocenters. The summed E-state index contributed by atoms with van der Waals surface area (Å²) in [6.45, 7) is 1.74. The molecule has 2 N–H and O–H groups in total. The number of rotatable bonds is 5. The van der Waals surface area contributed by atoms with E-state index in [1.54, 1.807) is 43.3 Å². The molecule has 0 unspecified atom stereocenters. The molecular weight excluding hydrogens is 272 g/mol. The number of benzene rings is 2. The third kappa shape index (κ3) is 3.36. The number of hydrogen-bond donors (Lipinski definition) is 1. The maximum atomic E-state index is 11.6. The Balaban J connectivity index is 2.39. The van der Waals surface area contributed by atoms with Gasteiger partial charge in [-0.3, -0.25) is 14.9 Å². The molecule has 0 aliphatic carbocycles. The van der Waals surface area contributed by atoms with Gasteiger partial charge in [-0.25, -0.2) is 0 Å². The van der Waals surface area contributed by atoms with Gasteiger partial charge in [0.15, 0.2) is 5.75 Å². The van der Waals surface area contributed by atoms with Crippen LogP contribution in [0.5, 0.6) is 5.75 Å². The lowest BCUT2D eigenvalue weighted by molar-refractivity contribution is -0.386. The molecule has 0 fully saturated rings. The van der Waals surface area contributed by atoms with E-state index in [9.17, 15) is 14.9 Å². The molecule has 1 amide bonds. The zero-order valence-corrected chi connectivity index (χ0v) is 11.4. The van der Waals surface area contributed by atoms with Crippen molar-refractivity contribution in [3.63, 3.8) is 0 Å². The number of nitrogens with two attached hydrogens (primary N) is 1. The average Bonchev–Trinajstić information content (AvgIpc) is 2.46. The van der Waals surface area contributed by atoms with Gasteiger partial charge in [0.05, 0.1) is 4.92 Å². The first kappa shape index (κ1) is 14.5. The van der Waals surface area contributed by atoms with E-state index in [0.717, 1.165) is 5.56 Å². The third-order valence-electron chi connectivity index (χ3n) is 2.92. The van der Waals surface area contributed by atoms with Crippen LogP contribution in [0.1, 0.15) is 17.2 Å². The summed E-state index contributed by atoms with van der Waals surface area (Å²) in [6, 6.07) is 13.1. The minimum Gasteiger partial charge on any atom is -0.469 e. The SMILES string of the molecule is Cc1ccc(O[C@@H](C(N)=O)c2ccccc2)c([N+](=O)[O-])c1. The van der Waals surface area contributed by atoms with Crippen molar-refractivity contribution in [1.29, 1.82) is 0 Å². The van der Waals surface area contributed by atoms with E-state index in [0.29, 0.717) is 5.56 Å². The van der Waals surface area contributed by atoms with Crippen LogP contribution in [-0.4, -0.2) is 10.8 Å². The lowest BCUT2D eigenvalue weighted by Crippen LogP contribution is -2.26. The second-order valence-electron chi connectivity index (χ2n) is 4.54. The number of nitro benzene ring substituents is 1. The quantitative estimate of drug-likeness (QED) is 0.674. The Morgan fingerprint density at radius 1 is 1.24 bits per heavy atom. The minimum atomic E-state index is -1.08. The summed E-state index contributed by atoms with van der Waals surface area (Å²) in [5, 5.41) is 11.1. The summed E-state index contributed by atoms with van der Waals surface area (Å²) in [5.41, 5.74) is 6.41. The second kappa shape index (κ2) is 6.04. The van der Waals surface area contributed by atoms with Crippen molar-refractivity contribution < 1.29 is 14.5 Å². The summed E-state index contributed by atoms with van der Waals surface area (Å²) in [6.07, 6.45) is -1.08. The molecule has 108 valence electrons. The van der Waals surface area contributed by atoms with Crippen molar-refractivity contribution >= 4 is 11.6 Å². The van der Waals surface area contributed by atoms with E-state index in [1.165, 1.54) is 12.1 Å². The molecule has 0 heterocycles. The van der Waals surface area contributed by atoms with Crippen LogP contribution in [0.4, 0.5) is 5.69 Å². The van der Waals surface area contributed by atoms with Crippen molar-refractivity contribution in [3.8, 4) is 5.75 Å². The maximum absolute atomic E-state index is 11.6. The number of nitro groups is 1. The van der Waals surface area contributed by atoms with Gasteiger partial charge in [0.2, 0.25) is 6.10 Å². The average molecular weight is 286 g/mol. The highest BCUT2D eigenvalue weighted by Crippen LogP contribution is 2.31. The smallest absolute Gasteiger partial charge is 0.311 e. The first-order valence-corrected chi connectivity index (χ1v) is 6.25. The first-order chi connectivity index (χ1) is 9.99. The van der Waals surface area contributed by atoms with Gasteiger partial charge < -0.3 is 10.5 Å². The van der Waals surface area contributed by atoms with E-state index in [4.69, 9.17) is 10.5 Å². The summed E-state index contributed by atoms with van der Waals surface area (Å²) >= 11 is 0. The normalized spacial score (nSPS) is 11.7. The highest BCUT2D eigenvalue weighted by atomic mass is 16.6. The van der Waals surface area contributed by atoms with Crippen LogP contribution in [0.25, 0.3) is 0 Å². The maximum Gasteiger partial charge on any atom is 0.311 e. The molecule has 2 aromatic rings. The van der Waals surface area contributed by atoms with Crippen molar-refractivity contribution in [1.82, 2.24) is 0 Å². The van der Waals surface area contributed by atoms with Crippen molar-refractivity contribution in [3.05, 3.63) is 69.8 Å². The molecule has 0 aromatic heterocycles. The van der Waals surface area contributed by atoms with Crippen molar-refractivity contribution in [2.75, 3.05) is 0 Å². The molecule has 6 nitrogen and oxygen atoms in total. The summed E-state index contributed by atoms with van der Waals surface area (Å²) in [4.78, 5) is 22.1. The Labute approximate surface area is 121 Å². The van der Waals surface area contributed by atoms with Gasteiger partial charge in [0.1, 0.15) is 0 Å². The number of amides is 1. The molecule has 0 saturated carbocycles. The lowest BCUT2D eigenvalue weighted by Gasteiger charge is -2.16. The molecule has 21 heavy (non-hydrogen) atoms. The van der Waals surface area contributed by atoms with Crippen molar-refractivity contribution in [2.45, 2.75) is 13.0 Å². The lowest BCUT2D eigenvalue weighted by atomic mass is 10.1. The monoisotopic (exact) mass is 286 g/mol. The molecule has 0 saturated heterocycles. The molecule has 0 spiro atoms. The Hall–Kier alpha value is -2.89. The number of nitrogens with zero attached hydrogens (tertiary/aromatic N) is 1. The number of carbonyl (C=O) groups excluding carboxylic acids is 1. The summed E-state index contributed by atoms with van der Waals surface area (Å²) in [7, 11) is 0. The molecule has 0 radical (unpaired) electrons. The van der Waals surface area contributed by atoms with Gasteiger partial charge in [-0.15, -0.1) is 0 Å². The Bertz CT molecular complexity index is 671. The Kier molecular flexibility index (Phi) is 4.18. The second-order valence-corrected chi connectivity index (χ2v) is 4.54. The van der Waals surface area contributed by atoms with Gasteiger partial charge in [-0.2, -0.15) is 0 Å². The topological polar surface area (TPSA) is 95.5 Å². The largest absolute Gasteiger partial charge is 0.469 e. The van der Waals surface area contributed by atoms with Crippen LogP contribution < -0.4 is 10.5 Å². The highest BCUT2D eigenvalue weighted by Gasteiger charge is 2.24. The predicted molar refractivity (Wildman–Crippen MR) is 76.8 cm³/mol. The molecular formula is C15H14N2O4. The van der Waals surface area contributed by atoms with Crippen LogP contribution in [0.2, 0.25) is 0 Å². The minimum absolute atomic E-state index is 0.0123. The van der Waals surface area contributed by atoms with E-state index >= 15 is 0 Å². The number of carbonyl (C=O) groups is 1. The molecule has 2 aromatic carbocycles. The van der Waals surface area contributed by atoms with Crippen LogP contribution in [0.3, 0.4) is 0 Å². The van der Waals surface area contributed by atoms with Crippen LogP contribution >= 0.6 is 0 Å². The van der Waals surface area contributed by atoms with Gasteiger partial charge >= 0.3 is 5.69 Å². The fourth-order valence-electron chi connectivity index (χ4n) is 1.91. The Morgan fingerprint density at radius 3 is 2.48 bits per heavy atom. The first-order valence-electron chi connectivity index (χ1n) is 6.25. The molecule has 0 bridgehead atoms. The summed E-state index contributed by atoms with van der Waals surface area (Å²) < 4.78 is 5.49. The van der Waals surface area contributed by atoms with Gasteiger partial charge in [-0.05, 0) is 18.6 Å². The zero-order valence-electron chi connectivity index (χ0n) is 11.4.